The fourth-order valence-electron chi connectivity index (χ4n) is 4.78. The highest BCUT2D eigenvalue weighted by Gasteiger charge is 2.01. The summed E-state index contributed by atoms with van der Waals surface area (Å²) in [6.45, 7) is 10.9. The maximum atomic E-state index is 10.2. The van der Waals surface area contributed by atoms with Crippen LogP contribution in [0.4, 0.5) is 0 Å². The van der Waals surface area contributed by atoms with Gasteiger partial charge in [0.05, 0.1) is 24.7 Å². The monoisotopic (exact) mass is 665 g/mol. The zero-order valence-corrected chi connectivity index (χ0v) is 30.4. The summed E-state index contributed by atoms with van der Waals surface area (Å²) in [6, 6.07) is 0. The molecule has 0 aliphatic carbocycles. The average molecular weight is 665 g/mol. The van der Waals surface area contributed by atoms with Crippen molar-refractivity contribution in [1.82, 2.24) is 0 Å². The van der Waals surface area contributed by atoms with Crippen molar-refractivity contribution in [2.24, 2.45) is 0 Å². The SMILES string of the molecule is C=COC=C.CCCCCC[C@@H](O)C/C=C\CCCCCCCC(=O)[O-].CCCCCC[C@@H](O)C/C=C\CCCCCCCC(=O)[O-]. The minimum absolute atomic E-state index is 0.178. The first-order valence-corrected chi connectivity index (χ1v) is 18.7. The molecule has 47 heavy (non-hydrogen) atoms. The molecular formula is C40H72O7-2. The maximum absolute atomic E-state index is 10.2. The Labute approximate surface area is 289 Å². The van der Waals surface area contributed by atoms with E-state index >= 15 is 0 Å². The quantitative estimate of drug-likeness (QED) is 0.0418. The third kappa shape index (κ3) is 53.4. The zero-order valence-electron chi connectivity index (χ0n) is 30.4. The predicted molar refractivity (Wildman–Crippen MR) is 193 cm³/mol. The molecule has 0 radical (unpaired) electrons. The topological polar surface area (TPSA) is 130 Å². The lowest BCUT2D eigenvalue weighted by Crippen LogP contribution is -2.21. The molecule has 0 fully saturated rings. The van der Waals surface area contributed by atoms with E-state index in [1.165, 1.54) is 51.0 Å². The first-order chi connectivity index (χ1) is 22.7. The van der Waals surface area contributed by atoms with Crippen LogP contribution >= 0.6 is 0 Å². The van der Waals surface area contributed by atoms with Gasteiger partial charge in [0.2, 0.25) is 0 Å². The lowest BCUT2D eigenvalue weighted by atomic mass is 10.1. The van der Waals surface area contributed by atoms with Crippen molar-refractivity contribution in [2.75, 3.05) is 0 Å². The molecule has 0 spiro atoms. The molecule has 0 heterocycles. The van der Waals surface area contributed by atoms with Gasteiger partial charge in [-0.25, -0.2) is 0 Å². The summed E-state index contributed by atoms with van der Waals surface area (Å²) in [5, 5.41) is 40.0. The van der Waals surface area contributed by atoms with E-state index in [4.69, 9.17) is 0 Å². The third-order valence-electron chi connectivity index (χ3n) is 7.63. The molecule has 2 N–H and O–H groups in total. The van der Waals surface area contributed by atoms with Gasteiger partial charge < -0.3 is 34.8 Å². The average Bonchev–Trinajstić information content (AvgIpc) is 3.04. The number of carbonyl (C=O) groups excluding carboxylic acids is 2. The van der Waals surface area contributed by atoms with Gasteiger partial charge in [-0.2, -0.15) is 0 Å². The smallest absolute Gasteiger partial charge is 0.0829 e. The van der Waals surface area contributed by atoms with Crippen molar-refractivity contribution in [3.63, 3.8) is 0 Å². The van der Waals surface area contributed by atoms with Gasteiger partial charge in [0.25, 0.3) is 0 Å². The molecule has 0 amide bonds. The second kappa shape index (κ2) is 43.6. The molecule has 276 valence electrons. The first-order valence-electron chi connectivity index (χ1n) is 18.7. The first kappa shape index (κ1) is 49.0. The fraction of sp³-hybridized carbons (Fsp3) is 0.750. The largest absolute Gasteiger partial charge is 0.550 e. The number of hydrogen-bond donors (Lipinski definition) is 2. The van der Waals surface area contributed by atoms with Gasteiger partial charge >= 0.3 is 0 Å². The summed E-state index contributed by atoms with van der Waals surface area (Å²) >= 11 is 0. The van der Waals surface area contributed by atoms with Crippen LogP contribution in [0, 0.1) is 0 Å². The Bertz CT molecular complexity index is 672. The van der Waals surface area contributed by atoms with Gasteiger partial charge in [-0.1, -0.05) is 141 Å². The van der Waals surface area contributed by atoms with Crippen molar-refractivity contribution >= 4 is 11.9 Å². The van der Waals surface area contributed by atoms with Crippen molar-refractivity contribution < 1.29 is 34.8 Å². The Morgan fingerprint density at radius 1 is 0.553 bits per heavy atom. The Balaban J connectivity index is -0.000000719. The molecule has 2 atom stereocenters. The fourth-order valence-corrected chi connectivity index (χ4v) is 4.78. The highest BCUT2D eigenvalue weighted by atomic mass is 16.5. The van der Waals surface area contributed by atoms with E-state index in [1.54, 1.807) is 0 Å². The van der Waals surface area contributed by atoms with Gasteiger partial charge in [0, 0.05) is 11.9 Å². The van der Waals surface area contributed by atoms with Gasteiger partial charge in [0.1, 0.15) is 0 Å². The number of ether oxygens (including phenoxy) is 1. The molecular weight excluding hydrogens is 592 g/mol. The Morgan fingerprint density at radius 2 is 0.894 bits per heavy atom. The van der Waals surface area contributed by atoms with Gasteiger partial charge in [-0.3, -0.25) is 0 Å². The van der Waals surface area contributed by atoms with Crippen LogP contribution in [0.3, 0.4) is 0 Å². The van der Waals surface area contributed by atoms with E-state index in [-0.39, 0.29) is 25.0 Å². The van der Waals surface area contributed by atoms with Gasteiger partial charge in [-0.15, -0.1) is 0 Å². The predicted octanol–water partition coefficient (Wildman–Crippen LogP) is 8.78. The van der Waals surface area contributed by atoms with Crippen LogP contribution in [0.2, 0.25) is 0 Å². The number of carboxylic acid groups (broad SMARTS) is 2. The number of carbonyl (C=O) groups is 2. The van der Waals surface area contributed by atoms with Crippen LogP contribution < -0.4 is 10.2 Å². The molecule has 0 rings (SSSR count). The summed E-state index contributed by atoms with van der Waals surface area (Å²) in [5.41, 5.74) is 0. The number of allylic oxidation sites excluding steroid dienone is 2. The second-order valence-corrected chi connectivity index (χ2v) is 12.2. The highest BCUT2D eigenvalue weighted by molar-refractivity contribution is 5.64. The number of rotatable bonds is 32. The number of hydrogen-bond acceptors (Lipinski definition) is 7. The van der Waals surface area contributed by atoms with E-state index in [0.29, 0.717) is 0 Å². The van der Waals surface area contributed by atoms with E-state index in [0.717, 1.165) is 116 Å². The van der Waals surface area contributed by atoms with Gasteiger partial charge in [-0.05, 0) is 77.0 Å². The van der Waals surface area contributed by atoms with E-state index in [2.05, 4.69) is 56.0 Å². The molecule has 0 unspecified atom stereocenters. The summed E-state index contributed by atoms with van der Waals surface area (Å²) in [6.07, 6.45) is 36.7. The standard InChI is InChI=1S/2C18H34O3.C4H6O/c2*1-2-3-4-11-14-17(19)15-12-9-7-5-6-8-10-13-16-18(20)21;1-3-5-4-2/h2*9,12,17,19H,2-8,10-11,13-16H2,1H3,(H,20,21);3-4H,1-2H2/p-2/b2*12-9-;/t2*17-;/m11./s1. The molecule has 0 saturated heterocycles. The zero-order chi connectivity index (χ0) is 35.6. The summed E-state index contributed by atoms with van der Waals surface area (Å²) in [4.78, 5) is 20.4. The van der Waals surface area contributed by atoms with Crippen LogP contribution in [-0.4, -0.2) is 34.4 Å². The molecule has 0 aromatic rings. The summed E-state index contributed by atoms with van der Waals surface area (Å²) < 4.78 is 4.36. The van der Waals surface area contributed by atoms with Gasteiger partial charge in [0.15, 0.2) is 0 Å². The van der Waals surface area contributed by atoms with Crippen LogP contribution in [0.25, 0.3) is 0 Å². The highest BCUT2D eigenvalue weighted by Crippen LogP contribution is 2.12. The van der Waals surface area contributed by atoms with Crippen molar-refractivity contribution in [2.45, 2.75) is 193 Å². The second-order valence-electron chi connectivity index (χ2n) is 12.2. The molecule has 0 aromatic carbocycles. The summed E-state index contributed by atoms with van der Waals surface area (Å²) in [7, 11) is 0. The Kier molecular flexibility index (Phi) is 45.5. The third-order valence-corrected chi connectivity index (χ3v) is 7.63. The summed E-state index contributed by atoms with van der Waals surface area (Å²) in [5.74, 6) is -1.88. The van der Waals surface area contributed by atoms with E-state index < -0.39 is 11.9 Å². The Hall–Kier alpha value is -2.38. The minimum atomic E-state index is -0.939. The molecule has 7 nitrogen and oxygen atoms in total. The molecule has 0 saturated carbocycles. The van der Waals surface area contributed by atoms with Crippen molar-refractivity contribution in [1.29, 1.82) is 0 Å². The normalized spacial score (nSPS) is 12.1. The lowest BCUT2D eigenvalue weighted by molar-refractivity contribution is -0.307. The van der Waals surface area contributed by atoms with Crippen LogP contribution in [-0.2, 0) is 14.3 Å². The molecule has 0 aliphatic rings. The van der Waals surface area contributed by atoms with E-state index in [1.807, 2.05) is 0 Å². The number of aliphatic hydroxyl groups is 2. The number of aliphatic hydroxyl groups excluding tert-OH is 2. The maximum Gasteiger partial charge on any atom is 0.0829 e. The molecule has 7 heteroatoms. The van der Waals surface area contributed by atoms with Crippen molar-refractivity contribution in [3.8, 4) is 0 Å². The van der Waals surface area contributed by atoms with Crippen LogP contribution in [0.5, 0.6) is 0 Å². The Morgan fingerprint density at radius 3 is 1.21 bits per heavy atom. The van der Waals surface area contributed by atoms with Crippen LogP contribution in [0.1, 0.15) is 181 Å². The molecule has 0 aliphatic heterocycles. The molecule has 0 aromatic heterocycles. The van der Waals surface area contributed by atoms with Crippen molar-refractivity contribution in [3.05, 3.63) is 50.0 Å². The molecule has 0 bridgehead atoms. The minimum Gasteiger partial charge on any atom is -0.550 e. The van der Waals surface area contributed by atoms with E-state index in [9.17, 15) is 30.0 Å². The van der Waals surface area contributed by atoms with Crippen LogP contribution in [0.15, 0.2) is 50.0 Å². The number of unbranched alkanes of at least 4 members (excludes halogenated alkanes) is 16. The number of carboxylic acids is 2. The number of aliphatic carboxylic acids is 2. The lowest BCUT2D eigenvalue weighted by Gasteiger charge is -2.07.